The van der Waals surface area contributed by atoms with Gasteiger partial charge in [0.2, 0.25) is 35.4 Å². The Labute approximate surface area is 453 Å². The van der Waals surface area contributed by atoms with Crippen LogP contribution in [0, 0.1) is 11.8 Å². The Bertz CT molecular complexity index is 2930. The maximum Gasteiger partial charge on any atom is 0.329 e. The van der Waals surface area contributed by atoms with Crippen molar-refractivity contribution in [2.45, 2.75) is 94.5 Å². The number of amides is 8. The van der Waals surface area contributed by atoms with Crippen LogP contribution in [0.2, 0.25) is 0 Å². The molecule has 2 bridgehead atoms. The van der Waals surface area contributed by atoms with E-state index in [4.69, 9.17) is 9.47 Å². The average molecular weight is 1100 g/mol. The van der Waals surface area contributed by atoms with Crippen molar-refractivity contribution < 1.29 is 57.4 Å². The molecule has 6 rings (SSSR count). The molecule has 412 valence electrons. The Morgan fingerprint density at radius 2 is 1.01 bits per heavy atom. The Balaban J connectivity index is 1.43. The third-order valence-corrected chi connectivity index (χ3v) is 16.0. The minimum Gasteiger partial charge on any atom is -0.461 e. The van der Waals surface area contributed by atoms with Gasteiger partial charge >= 0.3 is 11.9 Å². The second-order valence-corrected chi connectivity index (χ2v) is 21.8. The number of hydrogen-bond acceptors (Lipinski definition) is 18. The van der Waals surface area contributed by atoms with Gasteiger partial charge < -0.3 is 50.3 Å². The van der Waals surface area contributed by atoms with Crippen molar-refractivity contribution in [2.75, 3.05) is 53.4 Å². The third-order valence-electron chi connectivity index (χ3n) is 13.2. The molecule has 9 atom stereocenters. The van der Waals surface area contributed by atoms with Crippen molar-refractivity contribution in [1.29, 1.82) is 0 Å². The number of nitrogens with zero attached hydrogens (tertiary/aromatic N) is 8. The number of likely N-dealkylation sites (N-methyl/N-ethyl adjacent to an activating group) is 4. The van der Waals surface area contributed by atoms with Crippen LogP contribution < -0.4 is 21.3 Å². The van der Waals surface area contributed by atoms with Gasteiger partial charge in [0, 0.05) is 33.9 Å². The number of nitrogens with one attached hydrogen (secondary N) is 4. The molecule has 26 heteroatoms. The smallest absolute Gasteiger partial charge is 0.329 e. The number of carbonyl (C=O) groups is 10. The second kappa shape index (κ2) is 25.6. The molecular weight excluding hydrogens is 1040 g/mol. The van der Waals surface area contributed by atoms with Gasteiger partial charge in [0.25, 0.3) is 11.8 Å². The first kappa shape index (κ1) is 58.8. The van der Waals surface area contributed by atoms with Crippen LogP contribution in [0.3, 0.4) is 0 Å². The lowest BCUT2D eigenvalue weighted by atomic mass is 10.0. The van der Waals surface area contributed by atoms with Crippen LogP contribution in [-0.4, -0.2) is 205 Å². The molecule has 0 aliphatic carbocycles. The molecule has 2 aromatic carbocycles. The van der Waals surface area contributed by atoms with Gasteiger partial charge in [-0.1, -0.05) is 52.0 Å². The van der Waals surface area contributed by atoms with Crippen molar-refractivity contribution >= 4 is 105 Å². The predicted octanol–water partition coefficient (Wildman–Crippen LogP) is 0.635. The first-order chi connectivity index (χ1) is 36.4. The van der Waals surface area contributed by atoms with E-state index in [1.54, 1.807) is 82.5 Å². The summed E-state index contributed by atoms with van der Waals surface area (Å²) >= 11 is 2.16. The van der Waals surface area contributed by atoms with Gasteiger partial charge in [-0.2, -0.15) is 0 Å². The minimum absolute atomic E-state index is 0.182. The first-order valence-electron chi connectivity index (χ1n) is 24.7. The van der Waals surface area contributed by atoms with Gasteiger partial charge in [-0.05, 0) is 56.2 Å². The molecular formula is C51H64N12O12S2. The van der Waals surface area contributed by atoms with Gasteiger partial charge in [0.05, 0.1) is 39.0 Å². The summed E-state index contributed by atoms with van der Waals surface area (Å²) in [7, 11) is 5.32. The molecule has 2 saturated heterocycles. The standard InChI is InChI=1S/C51H64N12O12S2/c1-25(2)38-49(72)74-22-36(59-42(65)34-21-53-30-17-13-15-19-32(30)57-34)44(67)55-28(6)46(69)63(10)40-48(71)62(9)39(26(3)4)50(73)75-23-35(58-41(64)33-20-52-29-16-12-14-18-31(29)56-33)43(66)54-27(5)45(68)60(7)37(47(70)61(38)8)24-77-51(40)76-11/h12-21,25-28,35-40,51H,22-24H2,1-11H3,(H,54,66)(H,55,67)(H,58,64)(H,59,65)/t27?,28?,35?,36-,37?,38+,39+,40?,51?/m1/s1. The molecule has 2 aromatic heterocycles. The number of esters is 2. The SMILES string of the molecule is CSC1SCC2C(=O)N(C)[C@@H](C(C)C)C(=O)OC[C@@H](NC(=O)c3cnc4ccccc4n3)C(=O)NC(C)C(=O)N(C)C1C(=O)N(C)[C@@H](C(C)C)C(=O)OCC(NC(=O)c1cnc3ccccc3n1)C(=O)NC(C)C(=O)N2C. The topological polar surface area (TPSA) is 302 Å². The zero-order valence-corrected chi connectivity index (χ0v) is 46.2. The van der Waals surface area contributed by atoms with Crippen molar-refractivity contribution in [3.63, 3.8) is 0 Å². The Hall–Kier alpha value is -7.48. The molecule has 0 saturated carbocycles. The lowest BCUT2D eigenvalue weighted by Gasteiger charge is -2.40. The molecule has 2 fully saturated rings. The number of rotatable bonds is 7. The van der Waals surface area contributed by atoms with E-state index in [2.05, 4.69) is 41.2 Å². The number of carbonyl (C=O) groups excluding carboxylic acids is 10. The Kier molecular flexibility index (Phi) is 19.5. The molecule has 4 aromatic rings. The summed E-state index contributed by atoms with van der Waals surface area (Å²) in [5, 5.41) is 10.2. The maximum absolute atomic E-state index is 15.2. The van der Waals surface area contributed by atoms with Crippen LogP contribution in [0.5, 0.6) is 0 Å². The monoisotopic (exact) mass is 1100 g/mol. The van der Waals surface area contributed by atoms with E-state index in [0.717, 1.165) is 43.1 Å². The molecule has 4 heterocycles. The highest BCUT2D eigenvalue weighted by atomic mass is 32.2. The quantitative estimate of drug-likeness (QED) is 0.185. The number of benzene rings is 2. The lowest BCUT2D eigenvalue weighted by Crippen LogP contribution is -2.60. The molecule has 6 unspecified atom stereocenters. The summed E-state index contributed by atoms with van der Waals surface area (Å²) in [6.07, 6.45) is 4.06. The van der Waals surface area contributed by atoms with Crippen LogP contribution in [0.25, 0.3) is 22.1 Å². The van der Waals surface area contributed by atoms with E-state index in [9.17, 15) is 38.4 Å². The number of hydrogen-bond donors (Lipinski definition) is 4. The fourth-order valence-electron chi connectivity index (χ4n) is 8.88. The number of aromatic nitrogens is 4. The van der Waals surface area contributed by atoms with E-state index < -0.39 is 137 Å². The summed E-state index contributed by atoms with van der Waals surface area (Å²) < 4.78 is 10.5. The van der Waals surface area contributed by atoms with E-state index in [0.29, 0.717) is 22.1 Å². The molecule has 8 amide bonds. The predicted molar refractivity (Wildman–Crippen MR) is 284 cm³/mol. The van der Waals surface area contributed by atoms with E-state index >= 15 is 9.59 Å². The average Bonchev–Trinajstić information content (AvgIpc) is 3.40. The summed E-state index contributed by atoms with van der Waals surface area (Å²) in [5.74, 6) is -10.4. The van der Waals surface area contributed by atoms with Crippen molar-refractivity contribution in [3.05, 3.63) is 72.3 Å². The molecule has 2 aliphatic rings. The maximum atomic E-state index is 15.2. The summed E-state index contributed by atoms with van der Waals surface area (Å²) in [5.41, 5.74) is 1.38. The Morgan fingerprint density at radius 1 is 0.610 bits per heavy atom. The Morgan fingerprint density at radius 3 is 1.43 bits per heavy atom. The molecule has 24 nitrogen and oxygen atoms in total. The minimum atomic E-state index is -1.66. The fraction of sp³-hybridized carbons (Fsp3) is 0.490. The van der Waals surface area contributed by atoms with Crippen LogP contribution in [0.4, 0.5) is 0 Å². The van der Waals surface area contributed by atoms with Gasteiger partial charge in [-0.3, -0.25) is 48.3 Å². The molecule has 0 radical (unpaired) electrons. The van der Waals surface area contributed by atoms with Crippen LogP contribution >= 0.6 is 23.5 Å². The highest BCUT2D eigenvalue weighted by Crippen LogP contribution is 2.32. The molecule has 77 heavy (non-hydrogen) atoms. The van der Waals surface area contributed by atoms with E-state index in [-0.39, 0.29) is 17.1 Å². The molecule has 4 N–H and O–H groups in total. The van der Waals surface area contributed by atoms with Crippen molar-refractivity contribution in [2.24, 2.45) is 11.8 Å². The van der Waals surface area contributed by atoms with Crippen molar-refractivity contribution in [3.8, 4) is 0 Å². The van der Waals surface area contributed by atoms with Gasteiger partial charge in [-0.25, -0.2) is 19.6 Å². The lowest BCUT2D eigenvalue weighted by molar-refractivity contribution is -0.160. The van der Waals surface area contributed by atoms with Crippen LogP contribution in [0.1, 0.15) is 62.5 Å². The van der Waals surface area contributed by atoms with Crippen LogP contribution in [0.15, 0.2) is 60.9 Å². The summed E-state index contributed by atoms with van der Waals surface area (Å²) in [6.45, 7) is 7.69. The summed E-state index contributed by atoms with van der Waals surface area (Å²) in [6, 6.07) is 1.79. The number of ether oxygens (including phenoxy) is 2. The second-order valence-electron chi connectivity index (χ2n) is 19.3. The summed E-state index contributed by atoms with van der Waals surface area (Å²) in [4.78, 5) is 166. The van der Waals surface area contributed by atoms with Gasteiger partial charge in [0.15, 0.2) is 0 Å². The molecule has 0 spiro atoms. The van der Waals surface area contributed by atoms with Crippen molar-refractivity contribution in [1.82, 2.24) is 60.8 Å². The number of thioether (sulfide) groups is 2. The highest BCUT2D eigenvalue weighted by molar-refractivity contribution is 8.16. The first-order valence-corrected chi connectivity index (χ1v) is 27.0. The zero-order chi connectivity index (χ0) is 56.6. The normalized spacial score (nSPS) is 25.4. The largest absolute Gasteiger partial charge is 0.461 e. The van der Waals surface area contributed by atoms with Gasteiger partial charge in [0.1, 0.15) is 72.9 Å². The number of cyclic esters (lactones) is 2. The van der Waals surface area contributed by atoms with Gasteiger partial charge in [-0.15, -0.1) is 23.5 Å². The van der Waals surface area contributed by atoms with E-state index in [1.165, 1.54) is 54.4 Å². The third kappa shape index (κ3) is 13.6. The number of para-hydroxylation sites is 4. The highest BCUT2D eigenvalue weighted by Gasteiger charge is 2.45. The van der Waals surface area contributed by atoms with E-state index in [1.807, 2.05) is 0 Å². The van der Waals surface area contributed by atoms with Crippen LogP contribution in [-0.2, 0) is 47.8 Å². The number of fused-ring (bicyclic) bond motifs is 6. The fourth-order valence-corrected chi connectivity index (χ4v) is 11.4. The molecule has 2 aliphatic heterocycles. The zero-order valence-electron chi connectivity index (χ0n) is 44.5.